The second-order valence-corrected chi connectivity index (χ2v) is 7.96. The first-order valence-corrected chi connectivity index (χ1v) is 10.0. The third-order valence-corrected chi connectivity index (χ3v) is 5.79. The molecule has 0 N–H and O–H groups in total. The zero-order chi connectivity index (χ0) is 19.6. The van der Waals surface area contributed by atoms with Gasteiger partial charge in [0.1, 0.15) is 11.5 Å². The zero-order valence-electron chi connectivity index (χ0n) is 15.9. The van der Waals surface area contributed by atoms with Gasteiger partial charge in [0.15, 0.2) is 0 Å². The molecule has 0 heterocycles. The molecular formula is C22H22O4S. The Labute approximate surface area is 162 Å². The van der Waals surface area contributed by atoms with Crippen molar-refractivity contribution in [2.45, 2.75) is 25.7 Å². The largest absolute Gasteiger partial charge is 0.497 e. The number of benzene rings is 2. The summed E-state index contributed by atoms with van der Waals surface area (Å²) in [5.41, 5.74) is 4.72. The molecule has 0 radical (unpaired) electrons. The van der Waals surface area contributed by atoms with Crippen LogP contribution in [0.25, 0.3) is 17.4 Å². The maximum atomic E-state index is 11.9. The predicted molar refractivity (Wildman–Crippen MR) is 109 cm³/mol. The molecule has 0 saturated heterocycles. The van der Waals surface area contributed by atoms with Crippen molar-refractivity contribution in [3.8, 4) is 5.75 Å². The molecule has 0 spiro atoms. The third-order valence-electron chi connectivity index (χ3n) is 4.47. The highest BCUT2D eigenvalue weighted by molar-refractivity contribution is 7.85. The molecule has 0 amide bonds. The minimum absolute atomic E-state index is 0.356. The Morgan fingerprint density at radius 2 is 1.81 bits per heavy atom. The zero-order valence-corrected chi connectivity index (χ0v) is 16.7. The molecule has 0 bridgehead atoms. The summed E-state index contributed by atoms with van der Waals surface area (Å²) >= 11 is 0. The Hall–Kier alpha value is -2.66. The van der Waals surface area contributed by atoms with E-state index >= 15 is 0 Å². The average molecular weight is 382 g/mol. The molecule has 27 heavy (non-hydrogen) atoms. The summed E-state index contributed by atoms with van der Waals surface area (Å²) in [7, 11) is 0.645. The van der Waals surface area contributed by atoms with Crippen molar-refractivity contribution >= 4 is 34.2 Å². The van der Waals surface area contributed by atoms with Gasteiger partial charge in [-0.3, -0.25) is 9.00 Å². The summed E-state index contributed by atoms with van der Waals surface area (Å²) in [5.74, 6) is 1.51. The van der Waals surface area contributed by atoms with Crippen molar-refractivity contribution in [2.75, 3.05) is 12.9 Å². The summed E-state index contributed by atoms with van der Waals surface area (Å²) in [4.78, 5) is 12.4. The first-order chi connectivity index (χ1) is 12.9. The summed E-state index contributed by atoms with van der Waals surface area (Å²) in [5, 5.41) is 0. The van der Waals surface area contributed by atoms with E-state index in [-0.39, 0.29) is 5.97 Å². The van der Waals surface area contributed by atoms with E-state index in [2.05, 4.69) is 6.08 Å². The van der Waals surface area contributed by atoms with E-state index < -0.39 is 10.8 Å². The van der Waals surface area contributed by atoms with Gasteiger partial charge in [0, 0.05) is 28.7 Å². The molecule has 0 aliphatic heterocycles. The number of methoxy groups -OCH3 is 1. The average Bonchev–Trinajstić information content (AvgIpc) is 2.92. The van der Waals surface area contributed by atoms with E-state index in [1.807, 2.05) is 56.3 Å². The van der Waals surface area contributed by atoms with E-state index in [0.29, 0.717) is 17.3 Å². The fraction of sp³-hybridized carbons (Fsp3) is 0.227. The Bertz CT molecular complexity index is 968. The number of fused-ring (bicyclic) bond motifs is 1. The lowest BCUT2D eigenvalue weighted by Crippen LogP contribution is -1.98. The molecule has 5 heteroatoms. The SMILES string of the molecule is CCS(=O)c1ccc(C=C2C(C)=C(OC(C)=O)c3cc(OC)ccc32)cc1. The quantitative estimate of drug-likeness (QED) is 0.705. The van der Waals surface area contributed by atoms with Gasteiger partial charge < -0.3 is 9.47 Å². The number of hydrogen-bond donors (Lipinski definition) is 0. The van der Waals surface area contributed by atoms with Gasteiger partial charge in [-0.15, -0.1) is 0 Å². The Morgan fingerprint density at radius 3 is 2.41 bits per heavy atom. The lowest BCUT2D eigenvalue weighted by atomic mass is 10.0. The lowest BCUT2D eigenvalue weighted by molar-refractivity contribution is -0.134. The maximum Gasteiger partial charge on any atom is 0.308 e. The van der Waals surface area contributed by atoms with Gasteiger partial charge in [-0.2, -0.15) is 0 Å². The summed E-state index contributed by atoms with van der Waals surface area (Å²) in [6, 6.07) is 13.4. The first kappa shape index (κ1) is 19.1. The first-order valence-electron chi connectivity index (χ1n) is 8.73. The summed E-state index contributed by atoms with van der Waals surface area (Å²) < 4.78 is 22.7. The molecule has 0 aromatic heterocycles. The van der Waals surface area contributed by atoms with Crippen molar-refractivity contribution in [3.63, 3.8) is 0 Å². The van der Waals surface area contributed by atoms with Gasteiger partial charge in [0.05, 0.1) is 17.9 Å². The number of hydrogen-bond acceptors (Lipinski definition) is 4. The standard InChI is InChI=1S/C22H22O4S/c1-5-27(24)18-9-6-16(7-10-18)12-20-14(2)22(26-15(3)23)21-13-17(25-4)8-11-19(20)21/h6-13H,5H2,1-4H3. The van der Waals surface area contributed by atoms with Crippen LogP contribution in [0.15, 0.2) is 52.9 Å². The van der Waals surface area contributed by atoms with Crippen molar-refractivity contribution in [3.05, 3.63) is 64.7 Å². The molecule has 0 saturated carbocycles. The smallest absolute Gasteiger partial charge is 0.308 e. The van der Waals surface area contributed by atoms with Crippen LogP contribution in [0.5, 0.6) is 5.75 Å². The fourth-order valence-corrected chi connectivity index (χ4v) is 3.88. The molecule has 1 unspecified atom stereocenters. The fourth-order valence-electron chi connectivity index (χ4n) is 3.11. The Morgan fingerprint density at radius 1 is 1.11 bits per heavy atom. The number of esters is 1. The Balaban J connectivity index is 2.07. The molecule has 2 aromatic rings. The van der Waals surface area contributed by atoms with E-state index in [1.54, 1.807) is 7.11 Å². The molecule has 4 nitrogen and oxygen atoms in total. The van der Waals surface area contributed by atoms with Crippen LogP contribution in [0.4, 0.5) is 0 Å². The molecular weight excluding hydrogens is 360 g/mol. The molecule has 2 aromatic carbocycles. The Kier molecular flexibility index (Phi) is 5.61. The van der Waals surface area contributed by atoms with Gasteiger partial charge in [-0.1, -0.05) is 19.1 Å². The monoisotopic (exact) mass is 382 g/mol. The van der Waals surface area contributed by atoms with Crippen LogP contribution in [-0.4, -0.2) is 23.0 Å². The number of allylic oxidation sites excluding steroid dienone is 2. The van der Waals surface area contributed by atoms with E-state index in [4.69, 9.17) is 9.47 Å². The predicted octanol–water partition coefficient (Wildman–Crippen LogP) is 4.67. The van der Waals surface area contributed by atoms with Gasteiger partial charge in [-0.25, -0.2) is 0 Å². The molecule has 3 rings (SSSR count). The highest BCUT2D eigenvalue weighted by Crippen LogP contribution is 2.44. The van der Waals surface area contributed by atoms with Crippen LogP contribution in [-0.2, 0) is 20.3 Å². The topological polar surface area (TPSA) is 52.6 Å². The maximum absolute atomic E-state index is 11.9. The minimum atomic E-state index is -0.963. The molecule has 1 atom stereocenters. The van der Waals surface area contributed by atoms with Crippen molar-refractivity contribution < 1.29 is 18.5 Å². The highest BCUT2D eigenvalue weighted by Gasteiger charge is 2.26. The molecule has 1 aliphatic carbocycles. The van der Waals surface area contributed by atoms with Gasteiger partial charge in [-0.05, 0) is 60.0 Å². The van der Waals surface area contributed by atoms with Gasteiger partial charge >= 0.3 is 5.97 Å². The third kappa shape index (κ3) is 3.88. The van der Waals surface area contributed by atoms with Gasteiger partial charge in [0.25, 0.3) is 0 Å². The number of ether oxygens (including phenoxy) is 2. The van der Waals surface area contributed by atoms with Gasteiger partial charge in [0.2, 0.25) is 0 Å². The van der Waals surface area contributed by atoms with Crippen LogP contribution in [0.1, 0.15) is 37.5 Å². The second-order valence-electron chi connectivity index (χ2n) is 6.22. The lowest BCUT2D eigenvalue weighted by Gasteiger charge is -2.07. The van der Waals surface area contributed by atoms with Crippen LogP contribution in [0.3, 0.4) is 0 Å². The van der Waals surface area contributed by atoms with Crippen molar-refractivity contribution in [1.29, 1.82) is 0 Å². The van der Waals surface area contributed by atoms with Crippen LogP contribution < -0.4 is 4.74 Å². The molecule has 140 valence electrons. The van der Waals surface area contributed by atoms with Crippen LogP contribution in [0, 0.1) is 0 Å². The van der Waals surface area contributed by atoms with Crippen molar-refractivity contribution in [2.24, 2.45) is 0 Å². The van der Waals surface area contributed by atoms with E-state index in [9.17, 15) is 9.00 Å². The van der Waals surface area contributed by atoms with E-state index in [0.717, 1.165) is 32.7 Å². The highest BCUT2D eigenvalue weighted by atomic mass is 32.2. The van der Waals surface area contributed by atoms with Crippen molar-refractivity contribution in [1.82, 2.24) is 0 Å². The van der Waals surface area contributed by atoms with E-state index in [1.165, 1.54) is 6.92 Å². The second kappa shape index (κ2) is 7.92. The summed E-state index contributed by atoms with van der Waals surface area (Å²) in [6.45, 7) is 5.24. The number of rotatable bonds is 5. The number of carbonyl (C=O) groups is 1. The van der Waals surface area contributed by atoms with Crippen LogP contribution >= 0.6 is 0 Å². The minimum Gasteiger partial charge on any atom is -0.497 e. The van der Waals surface area contributed by atoms with Crippen LogP contribution in [0.2, 0.25) is 0 Å². The number of carbonyl (C=O) groups excluding carboxylic acids is 1. The summed E-state index contributed by atoms with van der Waals surface area (Å²) in [6.07, 6.45) is 2.05. The normalized spacial score (nSPS) is 15.6. The molecule has 0 fully saturated rings. The molecule has 1 aliphatic rings.